The van der Waals surface area contributed by atoms with Gasteiger partial charge in [-0.05, 0) is 36.8 Å². The lowest BCUT2D eigenvalue weighted by Gasteiger charge is -2.35. The van der Waals surface area contributed by atoms with Crippen molar-refractivity contribution in [1.82, 2.24) is 5.32 Å². The van der Waals surface area contributed by atoms with E-state index in [1.165, 1.54) is 17.5 Å². The molecule has 1 aromatic carbocycles. The van der Waals surface area contributed by atoms with Gasteiger partial charge in [0.05, 0.1) is 0 Å². The molecule has 1 saturated carbocycles. The monoisotopic (exact) mass is 225 g/mol. The highest BCUT2D eigenvalue weighted by Crippen LogP contribution is 2.51. The summed E-state index contributed by atoms with van der Waals surface area (Å²) in [4.78, 5) is 12.1. The summed E-state index contributed by atoms with van der Waals surface area (Å²) in [6.45, 7) is 2.10. The number of amides is 1. The molecule has 2 bridgehead atoms. The number of hydrogen-bond donors (Lipinski definition) is 1. The number of carbonyl (C=O) groups is 1. The van der Waals surface area contributed by atoms with Gasteiger partial charge in [0.25, 0.3) is 5.91 Å². The Bertz CT molecular complexity index is 546. The first-order valence-electron chi connectivity index (χ1n) is 6.34. The maximum atomic E-state index is 12.1. The lowest BCUT2D eigenvalue weighted by Crippen LogP contribution is -2.46. The van der Waals surface area contributed by atoms with Gasteiger partial charge in [-0.1, -0.05) is 29.8 Å². The van der Waals surface area contributed by atoms with Crippen LogP contribution in [0.25, 0.3) is 0 Å². The molecule has 1 heterocycles. The van der Waals surface area contributed by atoms with Gasteiger partial charge in [0, 0.05) is 17.5 Å². The van der Waals surface area contributed by atoms with Crippen LogP contribution >= 0.6 is 0 Å². The average molecular weight is 225 g/mol. The second-order valence-electron chi connectivity index (χ2n) is 5.56. The van der Waals surface area contributed by atoms with Crippen molar-refractivity contribution >= 4 is 5.91 Å². The Morgan fingerprint density at radius 1 is 1.24 bits per heavy atom. The molecule has 86 valence electrons. The molecule has 17 heavy (non-hydrogen) atoms. The fourth-order valence-electron chi connectivity index (χ4n) is 3.84. The lowest BCUT2D eigenvalue weighted by atomic mass is 9.78. The van der Waals surface area contributed by atoms with Crippen LogP contribution in [0.3, 0.4) is 0 Å². The van der Waals surface area contributed by atoms with Gasteiger partial charge < -0.3 is 5.32 Å². The fraction of sp³-hybridized carbons (Fsp3) is 0.400. The first-order valence-corrected chi connectivity index (χ1v) is 6.34. The Kier molecular flexibility index (Phi) is 1.67. The second-order valence-corrected chi connectivity index (χ2v) is 5.56. The molecule has 0 spiro atoms. The topological polar surface area (TPSA) is 29.1 Å². The van der Waals surface area contributed by atoms with Crippen LogP contribution in [0, 0.1) is 18.8 Å². The van der Waals surface area contributed by atoms with Gasteiger partial charge in [0.1, 0.15) is 0 Å². The predicted octanol–water partition coefficient (Wildman–Crippen LogP) is 2.40. The third-order valence-corrected chi connectivity index (χ3v) is 4.57. The summed E-state index contributed by atoms with van der Waals surface area (Å²) < 4.78 is 0. The molecule has 2 nitrogen and oxygen atoms in total. The maximum Gasteiger partial charge on any atom is 0.251 e. The minimum absolute atomic E-state index is 0.113. The lowest BCUT2D eigenvalue weighted by molar-refractivity contribution is 0.0910. The van der Waals surface area contributed by atoms with Gasteiger partial charge in [0.2, 0.25) is 0 Å². The van der Waals surface area contributed by atoms with E-state index < -0.39 is 0 Å². The van der Waals surface area contributed by atoms with Crippen LogP contribution in [0.4, 0.5) is 0 Å². The van der Waals surface area contributed by atoms with E-state index in [1.807, 2.05) is 12.1 Å². The highest BCUT2D eigenvalue weighted by Gasteiger charge is 2.49. The van der Waals surface area contributed by atoms with E-state index in [1.54, 1.807) is 0 Å². The summed E-state index contributed by atoms with van der Waals surface area (Å²) in [7, 11) is 0. The Hall–Kier alpha value is -1.57. The number of hydrogen-bond acceptors (Lipinski definition) is 1. The number of rotatable bonds is 0. The fourth-order valence-corrected chi connectivity index (χ4v) is 3.84. The Balaban J connectivity index is 1.92. The van der Waals surface area contributed by atoms with Crippen LogP contribution in [-0.2, 0) is 0 Å². The molecule has 4 atom stereocenters. The number of nitrogens with one attached hydrogen (secondary N) is 1. The van der Waals surface area contributed by atoms with E-state index in [0.29, 0.717) is 23.8 Å². The number of allylic oxidation sites excluding steroid dienone is 1. The highest BCUT2D eigenvalue weighted by atomic mass is 16.1. The molecule has 4 rings (SSSR count). The van der Waals surface area contributed by atoms with Crippen LogP contribution in [0.5, 0.6) is 0 Å². The van der Waals surface area contributed by atoms with E-state index in [9.17, 15) is 4.79 Å². The van der Waals surface area contributed by atoms with Gasteiger partial charge in [-0.15, -0.1) is 0 Å². The van der Waals surface area contributed by atoms with Crippen LogP contribution in [0.2, 0.25) is 0 Å². The molecular formula is C15H15NO. The third-order valence-electron chi connectivity index (χ3n) is 4.57. The third kappa shape index (κ3) is 1.13. The number of fused-ring (bicyclic) bond motifs is 7. The van der Waals surface area contributed by atoms with Crippen molar-refractivity contribution in [1.29, 1.82) is 0 Å². The molecular weight excluding hydrogens is 210 g/mol. The quantitative estimate of drug-likeness (QED) is 0.675. The second kappa shape index (κ2) is 3.00. The SMILES string of the molecule is Cc1ccc2c(c1)[C@H]1[C@@H](NC2=O)[C@@H]2C=C[C@H]1C2. The molecule has 1 aromatic rings. The smallest absolute Gasteiger partial charge is 0.251 e. The van der Waals surface area contributed by atoms with Crippen LogP contribution in [0.15, 0.2) is 30.4 Å². The largest absolute Gasteiger partial charge is 0.348 e. The van der Waals surface area contributed by atoms with E-state index >= 15 is 0 Å². The van der Waals surface area contributed by atoms with Crippen molar-refractivity contribution in [3.05, 3.63) is 47.0 Å². The van der Waals surface area contributed by atoms with E-state index in [-0.39, 0.29) is 5.91 Å². The molecule has 3 aliphatic rings. The molecule has 2 heteroatoms. The molecule has 1 N–H and O–H groups in total. The van der Waals surface area contributed by atoms with Crippen molar-refractivity contribution in [2.75, 3.05) is 0 Å². The van der Waals surface area contributed by atoms with Crippen molar-refractivity contribution in [3.63, 3.8) is 0 Å². The summed E-state index contributed by atoms with van der Waals surface area (Å²) in [5.74, 6) is 1.81. The highest BCUT2D eigenvalue weighted by molar-refractivity contribution is 5.97. The normalized spacial score (nSPS) is 36.6. The first-order chi connectivity index (χ1) is 8.24. The van der Waals surface area contributed by atoms with E-state index in [4.69, 9.17) is 0 Å². The summed E-state index contributed by atoms with van der Waals surface area (Å²) in [6.07, 6.45) is 5.84. The van der Waals surface area contributed by atoms with Crippen molar-refractivity contribution in [2.24, 2.45) is 11.8 Å². The molecule has 0 saturated heterocycles. The molecule has 2 aliphatic carbocycles. The Labute approximate surface area is 101 Å². The molecule has 1 fully saturated rings. The van der Waals surface area contributed by atoms with Crippen molar-refractivity contribution in [2.45, 2.75) is 25.3 Å². The summed E-state index contributed by atoms with van der Waals surface area (Å²) in [5, 5.41) is 3.20. The van der Waals surface area contributed by atoms with Crippen LogP contribution < -0.4 is 5.32 Å². The zero-order valence-corrected chi connectivity index (χ0v) is 9.81. The van der Waals surface area contributed by atoms with E-state index in [2.05, 4.69) is 30.5 Å². The average Bonchev–Trinajstić information content (AvgIpc) is 2.89. The van der Waals surface area contributed by atoms with Gasteiger partial charge in [-0.3, -0.25) is 4.79 Å². The zero-order chi connectivity index (χ0) is 11.6. The Morgan fingerprint density at radius 2 is 2.06 bits per heavy atom. The summed E-state index contributed by atoms with van der Waals surface area (Å²) in [6, 6.07) is 6.56. The molecule has 0 radical (unpaired) electrons. The van der Waals surface area contributed by atoms with Crippen LogP contribution in [-0.4, -0.2) is 11.9 Å². The van der Waals surface area contributed by atoms with E-state index in [0.717, 1.165) is 5.56 Å². The van der Waals surface area contributed by atoms with Crippen LogP contribution in [0.1, 0.15) is 33.8 Å². The maximum absolute atomic E-state index is 12.1. The number of benzene rings is 1. The predicted molar refractivity (Wildman–Crippen MR) is 65.9 cm³/mol. The van der Waals surface area contributed by atoms with Gasteiger partial charge in [-0.25, -0.2) is 0 Å². The van der Waals surface area contributed by atoms with Crippen molar-refractivity contribution < 1.29 is 4.79 Å². The number of carbonyl (C=O) groups excluding carboxylic acids is 1. The minimum Gasteiger partial charge on any atom is -0.348 e. The molecule has 0 aromatic heterocycles. The van der Waals surface area contributed by atoms with Gasteiger partial charge >= 0.3 is 0 Å². The van der Waals surface area contributed by atoms with Crippen molar-refractivity contribution in [3.8, 4) is 0 Å². The molecule has 1 amide bonds. The Morgan fingerprint density at radius 3 is 2.94 bits per heavy atom. The first kappa shape index (κ1) is 9.46. The molecule has 1 aliphatic heterocycles. The molecule has 0 unspecified atom stereocenters. The zero-order valence-electron chi connectivity index (χ0n) is 9.81. The standard InChI is InChI=1S/C15H15NO/c1-8-2-5-11-12(6-8)13-9-3-4-10(7-9)14(13)16-15(11)17/h2-6,9-10,13-14H,7H2,1H3,(H,16,17)/t9-,10+,13-,14-/m0/s1. The summed E-state index contributed by atoms with van der Waals surface area (Å²) in [5.41, 5.74) is 3.41. The van der Waals surface area contributed by atoms with Gasteiger partial charge in [0.15, 0.2) is 0 Å². The summed E-state index contributed by atoms with van der Waals surface area (Å²) >= 11 is 0. The van der Waals surface area contributed by atoms with Gasteiger partial charge in [-0.2, -0.15) is 0 Å². The number of aryl methyl sites for hydroxylation is 1. The minimum atomic E-state index is 0.113.